The fourth-order valence-electron chi connectivity index (χ4n) is 1.52. The van der Waals surface area contributed by atoms with Crippen molar-refractivity contribution in [3.05, 3.63) is 52.3 Å². The minimum atomic E-state index is -0.303. The maximum Gasteiger partial charge on any atom is 0.251 e. The number of halogens is 1. The van der Waals surface area contributed by atoms with Crippen molar-refractivity contribution in [1.82, 2.24) is 9.97 Å². The predicted molar refractivity (Wildman–Crippen MR) is 64.3 cm³/mol. The second kappa shape index (κ2) is 4.49. The highest BCUT2D eigenvalue weighted by Crippen LogP contribution is 2.17. The van der Waals surface area contributed by atoms with E-state index < -0.39 is 0 Å². The molecule has 0 bridgehead atoms. The predicted octanol–water partition coefficient (Wildman–Crippen LogP) is 2.70. The average molecular weight is 232 g/mol. The van der Waals surface area contributed by atoms with Gasteiger partial charge in [0.05, 0.1) is 5.69 Å². The lowest BCUT2D eigenvalue weighted by Crippen LogP contribution is -2.12. The third kappa shape index (κ3) is 2.58. The monoisotopic (exact) mass is 232 g/mol. The maximum atomic E-state index is 12.8. The number of H-pyrrole nitrogens is 1. The number of aromatic amines is 1. The van der Waals surface area contributed by atoms with E-state index in [9.17, 15) is 9.18 Å². The summed E-state index contributed by atoms with van der Waals surface area (Å²) in [6.07, 6.45) is 0. The topological polar surface area (TPSA) is 45.8 Å². The summed E-state index contributed by atoms with van der Waals surface area (Å²) in [6, 6.07) is 7.35. The van der Waals surface area contributed by atoms with E-state index in [-0.39, 0.29) is 17.3 Å². The molecule has 1 aromatic heterocycles. The molecule has 2 aromatic rings. The second-order valence-electron chi connectivity index (χ2n) is 4.18. The van der Waals surface area contributed by atoms with Crippen molar-refractivity contribution in [3.8, 4) is 11.3 Å². The fraction of sp³-hybridized carbons (Fsp3) is 0.231. The molecule has 3 nitrogen and oxygen atoms in total. The van der Waals surface area contributed by atoms with E-state index in [1.807, 2.05) is 13.8 Å². The average Bonchev–Trinajstić information content (AvgIpc) is 2.29. The lowest BCUT2D eigenvalue weighted by molar-refractivity contribution is 0.628. The Kier molecular flexibility index (Phi) is 3.04. The van der Waals surface area contributed by atoms with E-state index >= 15 is 0 Å². The third-order valence-electron chi connectivity index (χ3n) is 2.45. The first-order valence-electron chi connectivity index (χ1n) is 5.43. The number of aromatic nitrogens is 2. The van der Waals surface area contributed by atoms with Crippen LogP contribution in [0.4, 0.5) is 4.39 Å². The van der Waals surface area contributed by atoms with Crippen LogP contribution >= 0.6 is 0 Å². The summed E-state index contributed by atoms with van der Waals surface area (Å²) in [5, 5.41) is 0. The van der Waals surface area contributed by atoms with E-state index in [0.717, 1.165) is 5.56 Å². The van der Waals surface area contributed by atoms with Crippen molar-refractivity contribution in [3.63, 3.8) is 0 Å². The molecule has 2 rings (SSSR count). The van der Waals surface area contributed by atoms with Gasteiger partial charge in [0, 0.05) is 17.5 Å². The van der Waals surface area contributed by atoms with Gasteiger partial charge in [0.2, 0.25) is 0 Å². The molecule has 0 saturated carbocycles. The van der Waals surface area contributed by atoms with Crippen LogP contribution in [0.1, 0.15) is 25.6 Å². The van der Waals surface area contributed by atoms with Gasteiger partial charge in [0.1, 0.15) is 11.6 Å². The summed E-state index contributed by atoms with van der Waals surface area (Å²) in [4.78, 5) is 18.5. The number of hydrogen-bond acceptors (Lipinski definition) is 2. The minimum absolute atomic E-state index is 0.142. The maximum absolute atomic E-state index is 12.8. The highest BCUT2D eigenvalue weighted by molar-refractivity contribution is 5.58. The standard InChI is InChI=1S/C13H13FN2O/c1-8(2)13-15-11(7-12(17)16-13)9-3-5-10(14)6-4-9/h3-8H,1-2H3,(H,15,16,17). The van der Waals surface area contributed by atoms with Gasteiger partial charge in [0.25, 0.3) is 5.56 Å². The van der Waals surface area contributed by atoms with Crippen molar-refractivity contribution >= 4 is 0 Å². The molecule has 0 radical (unpaired) electrons. The number of nitrogens with one attached hydrogen (secondary N) is 1. The molecule has 0 atom stereocenters. The van der Waals surface area contributed by atoms with E-state index in [2.05, 4.69) is 9.97 Å². The van der Waals surface area contributed by atoms with Crippen LogP contribution in [0.2, 0.25) is 0 Å². The Labute approximate surface area is 98.3 Å². The number of nitrogens with zero attached hydrogens (tertiary/aromatic N) is 1. The molecule has 0 saturated heterocycles. The quantitative estimate of drug-likeness (QED) is 0.865. The smallest absolute Gasteiger partial charge is 0.251 e. The molecule has 0 amide bonds. The van der Waals surface area contributed by atoms with E-state index in [0.29, 0.717) is 11.5 Å². The van der Waals surface area contributed by atoms with E-state index in [1.165, 1.54) is 18.2 Å². The summed E-state index contributed by atoms with van der Waals surface area (Å²) < 4.78 is 12.8. The molecule has 1 heterocycles. The van der Waals surface area contributed by atoms with Gasteiger partial charge in [-0.25, -0.2) is 9.37 Å². The number of benzene rings is 1. The Morgan fingerprint density at radius 3 is 2.47 bits per heavy atom. The molecule has 88 valence electrons. The second-order valence-corrected chi connectivity index (χ2v) is 4.18. The third-order valence-corrected chi connectivity index (χ3v) is 2.45. The van der Waals surface area contributed by atoms with Gasteiger partial charge < -0.3 is 4.98 Å². The van der Waals surface area contributed by atoms with Crippen molar-refractivity contribution in [2.24, 2.45) is 0 Å². The van der Waals surface area contributed by atoms with Crippen LogP contribution in [0.3, 0.4) is 0 Å². The Bertz CT molecular complexity index is 573. The van der Waals surface area contributed by atoms with Gasteiger partial charge in [-0.1, -0.05) is 13.8 Å². The number of rotatable bonds is 2. The largest absolute Gasteiger partial charge is 0.310 e. The van der Waals surface area contributed by atoms with Crippen molar-refractivity contribution in [2.75, 3.05) is 0 Å². The van der Waals surface area contributed by atoms with Gasteiger partial charge in [-0.15, -0.1) is 0 Å². The molecule has 1 aromatic carbocycles. The molecular formula is C13H13FN2O. The molecule has 0 fully saturated rings. The van der Waals surface area contributed by atoms with Crippen molar-refractivity contribution < 1.29 is 4.39 Å². The fourth-order valence-corrected chi connectivity index (χ4v) is 1.52. The summed E-state index contributed by atoms with van der Waals surface area (Å²) in [5.74, 6) is 0.475. The molecule has 0 spiro atoms. The summed E-state index contributed by atoms with van der Waals surface area (Å²) >= 11 is 0. The van der Waals surface area contributed by atoms with Gasteiger partial charge >= 0.3 is 0 Å². The zero-order chi connectivity index (χ0) is 12.4. The lowest BCUT2D eigenvalue weighted by atomic mass is 10.1. The molecule has 4 heteroatoms. The molecule has 0 unspecified atom stereocenters. The Morgan fingerprint density at radius 1 is 1.24 bits per heavy atom. The first kappa shape index (κ1) is 11.5. The first-order valence-corrected chi connectivity index (χ1v) is 5.43. The Balaban J connectivity index is 2.52. The molecule has 0 aliphatic heterocycles. The molecule has 0 aliphatic rings. The van der Waals surface area contributed by atoms with Crippen LogP contribution in [0, 0.1) is 5.82 Å². The Hall–Kier alpha value is -1.97. The van der Waals surface area contributed by atoms with Crippen LogP contribution in [0.15, 0.2) is 35.1 Å². The van der Waals surface area contributed by atoms with Crippen LogP contribution < -0.4 is 5.56 Å². The first-order chi connectivity index (χ1) is 8.06. The van der Waals surface area contributed by atoms with Gasteiger partial charge in [-0.05, 0) is 24.3 Å². The SMILES string of the molecule is CC(C)c1nc(-c2ccc(F)cc2)cc(=O)[nH]1. The highest BCUT2D eigenvalue weighted by Gasteiger charge is 2.06. The van der Waals surface area contributed by atoms with Crippen LogP contribution in [-0.2, 0) is 0 Å². The molecular weight excluding hydrogens is 219 g/mol. The van der Waals surface area contributed by atoms with E-state index in [4.69, 9.17) is 0 Å². The van der Waals surface area contributed by atoms with Crippen LogP contribution in [-0.4, -0.2) is 9.97 Å². The zero-order valence-corrected chi connectivity index (χ0v) is 9.70. The molecule has 17 heavy (non-hydrogen) atoms. The number of hydrogen-bond donors (Lipinski definition) is 1. The normalized spacial score (nSPS) is 10.8. The summed E-state index contributed by atoms with van der Waals surface area (Å²) in [7, 11) is 0. The Morgan fingerprint density at radius 2 is 1.88 bits per heavy atom. The molecule has 1 N–H and O–H groups in total. The van der Waals surface area contributed by atoms with Crippen LogP contribution in [0.5, 0.6) is 0 Å². The van der Waals surface area contributed by atoms with Gasteiger partial charge in [-0.3, -0.25) is 4.79 Å². The van der Waals surface area contributed by atoms with E-state index in [1.54, 1.807) is 12.1 Å². The van der Waals surface area contributed by atoms with Crippen molar-refractivity contribution in [1.29, 1.82) is 0 Å². The lowest BCUT2D eigenvalue weighted by Gasteiger charge is -2.06. The minimum Gasteiger partial charge on any atom is -0.310 e. The summed E-state index contributed by atoms with van der Waals surface area (Å²) in [5.41, 5.74) is 1.11. The molecule has 0 aliphatic carbocycles. The van der Waals surface area contributed by atoms with Crippen LogP contribution in [0.25, 0.3) is 11.3 Å². The van der Waals surface area contributed by atoms with Gasteiger partial charge in [-0.2, -0.15) is 0 Å². The van der Waals surface area contributed by atoms with Crippen molar-refractivity contribution in [2.45, 2.75) is 19.8 Å². The zero-order valence-electron chi connectivity index (χ0n) is 9.70. The van der Waals surface area contributed by atoms with Gasteiger partial charge in [0.15, 0.2) is 0 Å². The highest BCUT2D eigenvalue weighted by atomic mass is 19.1. The summed E-state index contributed by atoms with van der Waals surface area (Å²) in [6.45, 7) is 3.90.